The second-order valence-corrected chi connectivity index (χ2v) is 9.40. The van der Waals surface area contributed by atoms with Gasteiger partial charge >= 0.3 is 5.97 Å². The Labute approximate surface area is 229 Å². The van der Waals surface area contributed by atoms with Gasteiger partial charge in [0.05, 0.1) is 26.4 Å². The van der Waals surface area contributed by atoms with E-state index in [9.17, 15) is 9.59 Å². The predicted octanol–water partition coefficient (Wildman–Crippen LogP) is 4.17. The maximum absolute atomic E-state index is 12.2. The molecule has 206 valence electrons. The molecular formula is C31H35NO7. The summed E-state index contributed by atoms with van der Waals surface area (Å²) < 4.78 is 30.7. The fraction of sp³-hybridized carbons (Fsp3) is 0.355. The van der Waals surface area contributed by atoms with Gasteiger partial charge in [-0.2, -0.15) is 0 Å². The molecule has 0 aliphatic carbocycles. The molecule has 1 aliphatic rings. The van der Waals surface area contributed by atoms with Crippen LogP contribution in [0.1, 0.15) is 30.5 Å². The molecule has 5 atom stereocenters. The summed E-state index contributed by atoms with van der Waals surface area (Å²) in [7, 11) is 0. The number of rotatable bonds is 12. The van der Waals surface area contributed by atoms with E-state index in [0.29, 0.717) is 13.2 Å². The number of amides is 1. The zero-order valence-corrected chi connectivity index (χ0v) is 22.2. The Balaban J connectivity index is 1.60. The van der Waals surface area contributed by atoms with Crippen LogP contribution in [0.4, 0.5) is 0 Å². The Bertz CT molecular complexity index is 1160. The van der Waals surface area contributed by atoms with Crippen molar-refractivity contribution < 1.29 is 33.3 Å². The summed E-state index contributed by atoms with van der Waals surface area (Å²) in [6.45, 7) is 3.78. The lowest BCUT2D eigenvalue weighted by Crippen LogP contribution is -2.66. The number of hydrogen-bond donors (Lipinski definition) is 1. The van der Waals surface area contributed by atoms with E-state index in [1.807, 2.05) is 91.0 Å². The average molecular weight is 534 g/mol. The average Bonchev–Trinajstić information content (AvgIpc) is 2.94. The van der Waals surface area contributed by atoms with Crippen molar-refractivity contribution in [2.24, 2.45) is 0 Å². The Morgan fingerprint density at radius 3 is 1.69 bits per heavy atom. The monoisotopic (exact) mass is 533 g/mol. The van der Waals surface area contributed by atoms with Crippen LogP contribution >= 0.6 is 0 Å². The minimum absolute atomic E-state index is 0.157. The number of esters is 1. The Morgan fingerprint density at radius 2 is 1.21 bits per heavy atom. The van der Waals surface area contributed by atoms with Crippen molar-refractivity contribution in [2.45, 2.75) is 64.3 Å². The first-order valence-corrected chi connectivity index (χ1v) is 13.0. The van der Waals surface area contributed by atoms with Crippen molar-refractivity contribution in [1.29, 1.82) is 0 Å². The zero-order chi connectivity index (χ0) is 27.5. The van der Waals surface area contributed by atoms with Gasteiger partial charge in [0, 0.05) is 13.8 Å². The molecule has 8 heteroatoms. The highest BCUT2D eigenvalue weighted by Gasteiger charge is 2.49. The van der Waals surface area contributed by atoms with Crippen molar-refractivity contribution >= 4 is 11.9 Å². The molecule has 0 radical (unpaired) electrons. The summed E-state index contributed by atoms with van der Waals surface area (Å²) in [5, 5.41) is 2.87. The van der Waals surface area contributed by atoms with Crippen LogP contribution < -0.4 is 5.32 Å². The van der Waals surface area contributed by atoms with Gasteiger partial charge in [0.1, 0.15) is 24.4 Å². The molecule has 8 nitrogen and oxygen atoms in total. The van der Waals surface area contributed by atoms with Gasteiger partial charge in [-0.1, -0.05) is 91.0 Å². The van der Waals surface area contributed by atoms with Crippen molar-refractivity contribution in [1.82, 2.24) is 5.32 Å². The summed E-state index contributed by atoms with van der Waals surface area (Å²) in [5.74, 6) is -0.848. The molecule has 1 heterocycles. The maximum Gasteiger partial charge on any atom is 0.305 e. The fourth-order valence-corrected chi connectivity index (χ4v) is 4.49. The number of nitrogens with one attached hydrogen (secondary N) is 1. The Kier molecular flexibility index (Phi) is 10.6. The van der Waals surface area contributed by atoms with Crippen molar-refractivity contribution in [3.63, 3.8) is 0 Å². The van der Waals surface area contributed by atoms with Crippen LogP contribution in [-0.4, -0.2) is 49.1 Å². The molecule has 0 aromatic heterocycles. The van der Waals surface area contributed by atoms with Crippen LogP contribution in [0.2, 0.25) is 0 Å². The smallest absolute Gasteiger partial charge is 0.305 e. The molecular weight excluding hydrogens is 498 g/mol. The number of ether oxygens (including phenoxy) is 5. The molecule has 1 N–H and O–H groups in total. The van der Waals surface area contributed by atoms with E-state index in [1.165, 1.54) is 13.8 Å². The molecule has 1 amide bonds. The molecule has 1 aliphatic heterocycles. The van der Waals surface area contributed by atoms with Crippen LogP contribution in [-0.2, 0) is 53.1 Å². The lowest BCUT2D eigenvalue weighted by Gasteiger charge is -2.45. The maximum atomic E-state index is 12.2. The first-order valence-electron chi connectivity index (χ1n) is 13.0. The van der Waals surface area contributed by atoms with Gasteiger partial charge in [0.25, 0.3) is 0 Å². The molecule has 3 aromatic carbocycles. The van der Waals surface area contributed by atoms with Crippen molar-refractivity contribution in [3.05, 3.63) is 108 Å². The third-order valence-electron chi connectivity index (χ3n) is 6.26. The minimum Gasteiger partial charge on any atom is -0.434 e. The largest absolute Gasteiger partial charge is 0.434 e. The number of carbonyl (C=O) groups is 2. The van der Waals surface area contributed by atoms with E-state index in [0.717, 1.165) is 16.7 Å². The summed E-state index contributed by atoms with van der Waals surface area (Å²) in [6.07, 6.45) is -3.09. The molecule has 0 bridgehead atoms. The normalized spacial score (nSPS) is 22.7. The van der Waals surface area contributed by atoms with E-state index in [-0.39, 0.29) is 19.1 Å². The van der Waals surface area contributed by atoms with Gasteiger partial charge in [-0.3, -0.25) is 9.59 Å². The van der Waals surface area contributed by atoms with Crippen molar-refractivity contribution in [2.75, 3.05) is 6.61 Å². The molecule has 1 saturated heterocycles. The molecule has 0 spiro atoms. The zero-order valence-electron chi connectivity index (χ0n) is 22.2. The SMILES string of the molecule is CC(=O)NC1C(OC(C)=O)OC(COCc2ccccc2)C(OCc2ccccc2)C1OCc1ccccc1. The molecule has 0 saturated carbocycles. The van der Waals surface area contributed by atoms with Gasteiger partial charge in [-0.15, -0.1) is 0 Å². The molecule has 3 aromatic rings. The van der Waals surface area contributed by atoms with E-state index >= 15 is 0 Å². The lowest BCUT2D eigenvalue weighted by atomic mass is 9.95. The van der Waals surface area contributed by atoms with E-state index in [4.69, 9.17) is 23.7 Å². The van der Waals surface area contributed by atoms with Crippen LogP contribution in [0.3, 0.4) is 0 Å². The molecule has 4 rings (SSSR count). The Morgan fingerprint density at radius 1 is 0.718 bits per heavy atom. The van der Waals surface area contributed by atoms with Gasteiger partial charge in [0.15, 0.2) is 0 Å². The van der Waals surface area contributed by atoms with E-state index < -0.39 is 36.6 Å². The standard InChI is InChI=1S/C31H35NO7/c1-22(33)32-28-30(37-20-26-16-10-5-11-17-26)29(36-19-25-14-8-4-9-15-25)27(39-31(28)38-23(2)34)21-35-18-24-12-6-3-7-13-24/h3-17,27-31H,18-21H2,1-2H3,(H,32,33). The number of carbonyl (C=O) groups excluding carboxylic acids is 2. The van der Waals surface area contributed by atoms with Crippen LogP contribution in [0.25, 0.3) is 0 Å². The van der Waals surface area contributed by atoms with Crippen LogP contribution in [0, 0.1) is 0 Å². The van der Waals surface area contributed by atoms with Gasteiger partial charge in [-0.05, 0) is 16.7 Å². The molecule has 39 heavy (non-hydrogen) atoms. The second-order valence-electron chi connectivity index (χ2n) is 9.40. The highest BCUT2D eigenvalue weighted by atomic mass is 16.7. The third-order valence-corrected chi connectivity index (χ3v) is 6.26. The first kappa shape index (κ1) is 28.4. The lowest BCUT2D eigenvalue weighted by molar-refractivity contribution is -0.283. The topological polar surface area (TPSA) is 92.3 Å². The highest BCUT2D eigenvalue weighted by Crippen LogP contribution is 2.29. The summed E-state index contributed by atoms with van der Waals surface area (Å²) in [4.78, 5) is 24.2. The second kappa shape index (κ2) is 14.6. The van der Waals surface area contributed by atoms with E-state index in [1.54, 1.807) is 0 Å². The predicted molar refractivity (Wildman–Crippen MR) is 144 cm³/mol. The van der Waals surface area contributed by atoms with Crippen molar-refractivity contribution in [3.8, 4) is 0 Å². The Hall–Kier alpha value is -3.56. The quantitative estimate of drug-likeness (QED) is 0.350. The van der Waals surface area contributed by atoms with Gasteiger partial charge in [-0.25, -0.2) is 0 Å². The number of hydrogen-bond acceptors (Lipinski definition) is 7. The third kappa shape index (κ3) is 8.73. The molecule has 1 fully saturated rings. The summed E-state index contributed by atoms with van der Waals surface area (Å²) >= 11 is 0. The first-order chi connectivity index (χ1) is 19.0. The fourth-order valence-electron chi connectivity index (χ4n) is 4.49. The minimum atomic E-state index is -1.09. The van der Waals surface area contributed by atoms with Gasteiger partial charge in [0.2, 0.25) is 12.2 Å². The summed E-state index contributed by atoms with van der Waals surface area (Å²) in [6, 6.07) is 28.5. The van der Waals surface area contributed by atoms with E-state index in [2.05, 4.69) is 5.32 Å². The van der Waals surface area contributed by atoms with Crippen LogP contribution in [0.15, 0.2) is 91.0 Å². The molecule has 5 unspecified atom stereocenters. The van der Waals surface area contributed by atoms with Gasteiger partial charge < -0.3 is 29.0 Å². The van der Waals surface area contributed by atoms with Crippen LogP contribution in [0.5, 0.6) is 0 Å². The highest BCUT2D eigenvalue weighted by molar-refractivity contribution is 5.73. The summed E-state index contributed by atoms with van der Waals surface area (Å²) in [5.41, 5.74) is 2.94. The number of benzene rings is 3.